The molecule has 3 nitrogen and oxygen atoms in total. The van der Waals surface area contributed by atoms with Gasteiger partial charge in [-0.3, -0.25) is 9.58 Å². The second-order valence-corrected chi connectivity index (χ2v) is 6.29. The van der Waals surface area contributed by atoms with Gasteiger partial charge in [-0.25, -0.2) is 0 Å². The van der Waals surface area contributed by atoms with Crippen LogP contribution in [0.1, 0.15) is 50.3 Å². The van der Waals surface area contributed by atoms with Crippen LogP contribution >= 0.6 is 11.6 Å². The van der Waals surface area contributed by atoms with Crippen molar-refractivity contribution >= 4 is 11.6 Å². The number of halogens is 1. The number of alkyl halides is 1. The maximum atomic E-state index is 6.13. The standard InChI is InChI=1S/C14H22ClN3/c15-12-5-8-17(9-6-12)11-13-7-10-18(16-13)14-3-1-2-4-14/h7,10,12,14H,1-6,8-9,11H2. The van der Waals surface area contributed by atoms with Crippen molar-refractivity contribution in [3.05, 3.63) is 18.0 Å². The van der Waals surface area contributed by atoms with Gasteiger partial charge < -0.3 is 0 Å². The van der Waals surface area contributed by atoms with Crippen LogP contribution in [0, 0.1) is 0 Å². The minimum absolute atomic E-state index is 0.386. The van der Waals surface area contributed by atoms with Crippen LogP contribution in [0.3, 0.4) is 0 Å². The van der Waals surface area contributed by atoms with Crippen molar-refractivity contribution in [1.82, 2.24) is 14.7 Å². The highest BCUT2D eigenvalue weighted by atomic mass is 35.5. The van der Waals surface area contributed by atoms with E-state index in [2.05, 4.69) is 21.8 Å². The summed E-state index contributed by atoms with van der Waals surface area (Å²) in [6.07, 6.45) is 9.74. The van der Waals surface area contributed by atoms with Crippen LogP contribution in [0.25, 0.3) is 0 Å². The van der Waals surface area contributed by atoms with E-state index in [1.807, 2.05) is 0 Å². The van der Waals surface area contributed by atoms with Crippen molar-refractivity contribution in [3.8, 4) is 0 Å². The number of rotatable bonds is 3. The predicted octanol–water partition coefficient (Wildman–Crippen LogP) is 3.20. The first-order chi connectivity index (χ1) is 8.81. The molecule has 0 unspecified atom stereocenters. The molecule has 0 spiro atoms. The van der Waals surface area contributed by atoms with Crippen LogP contribution in [0.15, 0.2) is 12.3 Å². The van der Waals surface area contributed by atoms with E-state index in [1.165, 1.54) is 31.4 Å². The number of likely N-dealkylation sites (tertiary alicyclic amines) is 1. The van der Waals surface area contributed by atoms with Gasteiger partial charge in [-0.1, -0.05) is 12.8 Å². The van der Waals surface area contributed by atoms with Crippen LogP contribution in [-0.2, 0) is 6.54 Å². The van der Waals surface area contributed by atoms with Crippen LogP contribution < -0.4 is 0 Å². The van der Waals surface area contributed by atoms with Gasteiger partial charge >= 0.3 is 0 Å². The van der Waals surface area contributed by atoms with Gasteiger partial charge in [0.15, 0.2) is 0 Å². The van der Waals surface area contributed by atoms with E-state index >= 15 is 0 Å². The average molecular weight is 268 g/mol. The van der Waals surface area contributed by atoms with Gasteiger partial charge in [-0.15, -0.1) is 11.6 Å². The van der Waals surface area contributed by atoms with Crippen molar-refractivity contribution < 1.29 is 0 Å². The highest BCUT2D eigenvalue weighted by Crippen LogP contribution is 2.28. The molecule has 0 atom stereocenters. The van der Waals surface area contributed by atoms with Crippen molar-refractivity contribution in [1.29, 1.82) is 0 Å². The molecule has 1 saturated heterocycles. The molecule has 18 heavy (non-hydrogen) atoms. The number of piperidine rings is 1. The van der Waals surface area contributed by atoms with Crippen molar-refractivity contribution in [2.75, 3.05) is 13.1 Å². The molecule has 100 valence electrons. The summed E-state index contributed by atoms with van der Waals surface area (Å²) in [7, 11) is 0. The van der Waals surface area contributed by atoms with Crippen molar-refractivity contribution in [2.24, 2.45) is 0 Å². The SMILES string of the molecule is ClC1CCN(Cc2ccn(C3CCCC3)n2)CC1. The smallest absolute Gasteiger partial charge is 0.0764 e. The zero-order valence-electron chi connectivity index (χ0n) is 10.9. The molecule has 2 aliphatic rings. The van der Waals surface area contributed by atoms with Crippen molar-refractivity contribution in [3.63, 3.8) is 0 Å². The van der Waals surface area contributed by atoms with Crippen LogP contribution in [0.2, 0.25) is 0 Å². The lowest BCUT2D eigenvalue weighted by atomic mass is 10.1. The molecule has 1 aromatic rings. The fourth-order valence-corrected chi connectivity index (χ4v) is 3.32. The Labute approximate surface area is 114 Å². The maximum absolute atomic E-state index is 6.13. The zero-order valence-corrected chi connectivity index (χ0v) is 11.6. The zero-order chi connectivity index (χ0) is 12.4. The van der Waals surface area contributed by atoms with Crippen LogP contribution in [0.5, 0.6) is 0 Å². The molecule has 1 aliphatic carbocycles. The van der Waals surface area contributed by atoms with Crippen molar-refractivity contribution in [2.45, 2.75) is 56.5 Å². The molecule has 2 heterocycles. The van der Waals surface area contributed by atoms with Crippen LogP contribution in [-0.4, -0.2) is 33.1 Å². The van der Waals surface area contributed by atoms with E-state index in [4.69, 9.17) is 16.7 Å². The summed E-state index contributed by atoms with van der Waals surface area (Å²) in [6.45, 7) is 3.22. The Morgan fingerprint density at radius 2 is 1.89 bits per heavy atom. The van der Waals surface area contributed by atoms with Gasteiger partial charge in [-0.2, -0.15) is 5.10 Å². The predicted molar refractivity (Wildman–Crippen MR) is 73.9 cm³/mol. The Morgan fingerprint density at radius 3 is 2.61 bits per heavy atom. The largest absolute Gasteiger partial charge is 0.297 e. The quantitative estimate of drug-likeness (QED) is 0.785. The summed E-state index contributed by atoms with van der Waals surface area (Å²) in [4.78, 5) is 2.47. The molecule has 1 aromatic heterocycles. The third kappa shape index (κ3) is 2.89. The number of hydrogen-bond acceptors (Lipinski definition) is 2. The summed E-state index contributed by atoms with van der Waals surface area (Å²) in [6, 6.07) is 2.85. The monoisotopic (exact) mass is 267 g/mol. The molecule has 3 rings (SSSR count). The fourth-order valence-electron chi connectivity index (χ4n) is 3.12. The molecule has 0 radical (unpaired) electrons. The lowest BCUT2D eigenvalue weighted by Gasteiger charge is -2.28. The first-order valence-corrected chi connectivity index (χ1v) is 7.65. The minimum atomic E-state index is 0.386. The van der Waals surface area contributed by atoms with E-state index in [0.717, 1.165) is 32.5 Å². The van der Waals surface area contributed by atoms with E-state index in [-0.39, 0.29) is 0 Å². The summed E-state index contributed by atoms with van der Waals surface area (Å²) in [5.41, 5.74) is 1.22. The highest BCUT2D eigenvalue weighted by molar-refractivity contribution is 6.20. The Bertz CT molecular complexity index is 376. The van der Waals surface area contributed by atoms with Crippen LogP contribution in [0.4, 0.5) is 0 Å². The number of hydrogen-bond donors (Lipinski definition) is 0. The van der Waals surface area contributed by atoms with Gasteiger partial charge in [0.2, 0.25) is 0 Å². The molecule has 0 bridgehead atoms. The molecule has 1 aliphatic heterocycles. The first-order valence-electron chi connectivity index (χ1n) is 7.22. The summed E-state index contributed by atoms with van der Waals surface area (Å²) in [5, 5.41) is 5.13. The topological polar surface area (TPSA) is 21.1 Å². The van der Waals surface area contributed by atoms with Gasteiger partial charge in [0.25, 0.3) is 0 Å². The second kappa shape index (κ2) is 5.62. The average Bonchev–Trinajstić information content (AvgIpc) is 3.02. The van der Waals surface area contributed by atoms with Gasteiger partial charge in [-0.05, 0) is 44.8 Å². The number of nitrogens with zero attached hydrogens (tertiary/aromatic N) is 3. The molecule has 0 N–H and O–H groups in total. The lowest BCUT2D eigenvalue weighted by molar-refractivity contribution is 0.220. The molecule has 0 amide bonds. The Kier molecular flexibility index (Phi) is 3.90. The normalized spacial score (nSPS) is 23.8. The van der Waals surface area contributed by atoms with Gasteiger partial charge in [0, 0.05) is 18.1 Å². The molecular formula is C14H22ClN3. The molecule has 2 fully saturated rings. The molecule has 4 heteroatoms. The summed E-state index contributed by atoms with van der Waals surface area (Å²) < 4.78 is 2.19. The Hall–Kier alpha value is -0.540. The molecule has 0 aromatic carbocycles. The third-order valence-corrected chi connectivity index (χ3v) is 4.70. The lowest BCUT2D eigenvalue weighted by Crippen LogP contribution is -2.33. The van der Waals surface area contributed by atoms with E-state index in [9.17, 15) is 0 Å². The molecule has 1 saturated carbocycles. The number of aromatic nitrogens is 2. The van der Waals surface area contributed by atoms with Gasteiger partial charge in [0.05, 0.1) is 11.7 Å². The maximum Gasteiger partial charge on any atom is 0.0764 e. The Morgan fingerprint density at radius 1 is 1.17 bits per heavy atom. The third-order valence-electron chi connectivity index (χ3n) is 4.27. The van der Waals surface area contributed by atoms with E-state index in [0.29, 0.717) is 11.4 Å². The van der Waals surface area contributed by atoms with Gasteiger partial charge in [0.1, 0.15) is 0 Å². The molecular weight excluding hydrogens is 246 g/mol. The fraction of sp³-hybridized carbons (Fsp3) is 0.786. The van der Waals surface area contributed by atoms with E-state index < -0.39 is 0 Å². The van der Waals surface area contributed by atoms with E-state index in [1.54, 1.807) is 0 Å². The first kappa shape index (κ1) is 12.5. The second-order valence-electron chi connectivity index (χ2n) is 5.68. The summed E-state index contributed by atoms with van der Waals surface area (Å²) in [5.74, 6) is 0. The highest BCUT2D eigenvalue weighted by Gasteiger charge is 2.20. The Balaban J connectivity index is 1.56. The summed E-state index contributed by atoms with van der Waals surface area (Å²) >= 11 is 6.13. The minimum Gasteiger partial charge on any atom is -0.297 e.